The first kappa shape index (κ1) is 10.7. The van der Waals surface area contributed by atoms with Crippen LogP contribution in [-0.2, 0) is 6.42 Å². The highest BCUT2D eigenvalue weighted by Crippen LogP contribution is 2.28. The van der Waals surface area contributed by atoms with Gasteiger partial charge in [0.15, 0.2) is 5.82 Å². The van der Waals surface area contributed by atoms with Crippen molar-refractivity contribution >= 4 is 16.7 Å². The fraction of sp³-hybridized carbons (Fsp3) is 0.417. The smallest absolute Gasteiger partial charge is 0.203 e. The Kier molecular flexibility index (Phi) is 2.76. The van der Waals surface area contributed by atoms with Crippen molar-refractivity contribution in [2.75, 3.05) is 5.32 Å². The van der Waals surface area contributed by atoms with Crippen LogP contribution in [0.25, 0.3) is 11.4 Å². The fourth-order valence-corrected chi connectivity index (χ4v) is 2.38. The first-order valence-corrected chi connectivity index (χ1v) is 6.67. The lowest BCUT2D eigenvalue weighted by atomic mass is 10.1. The standard InChI is InChI=1S/C12H14N4S/c1-2-8-7-13-6-5-10(8)11-15-12(17-16-11)14-9-3-4-9/h5-7,9H,2-4H2,1H3,(H,14,15,16). The van der Waals surface area contributed by atoms with E-state index in [0.29, 0.717) is 6.04 Å². The van der Waals surface area contributed by atoms with Crippen LogP contribution in [0, 0.1) is 0 Å². The van der Waals surface area contributed by atoms with Gasteiger partial charge in [-0.1, -0.05) is 6.92 Å². The largest absolute Gasteiger partial charge is 0.358 e. The molecular formula is C12H14N4S. The van der Waals surface area contributed by atoms with Gasteiger partial charge in [-0.25, -0.2) is 0 Å². The van der Waals surface area contributed by atoms with Gasteiger partial charge in [0, 0.05) is 35.5 Å². The van der Waals surface area contributed by atoms with E-state index < -0.39 is 0 Å². The zero-order valence-corrected chi connectivity index (χ0v) is 10.5. The molecule has 17 heavy (non-hydrogen) atoms. The zero-order valence-electron chi connectivity index (χ0n) is 9.68. The Morgan fingerprint density at radius 1 is 1.47 bits per heavy atom. The van der Waals surface area contributed by atoms with Gasteiger partial charge in [0.05, 0.1) is 0 Å². The van der Waals surface area contributed by atoms with E-state index in [1.54, 1.807) is 6.20 Å². The van der Waals surface area contributed by atoms with Crippen molar-refractivity contribution in [1.82, 2.24) is 14.3 Å². The van der Waals surface area contributed by atoms with Crippen LogP contribution in [0.1, 0.15) is 25.3 Å². The van der Waals surface area contributed by atoms with Crippen LogP contribution >= 0.6 is 11.5 Å². The topological polar surface area (TPSA) is 50.7 Å². The van der Waals surface area contributed by atoms with E-state index in [2.05, 4.69) is 26.6 Å². The molecule has 2 heterocycles. The summed E-state index contributed by atoms with van der Waals surface area (Å²) < 4.78 is 4.42. The van der Waals surface area contributed by atoms with E-state index in [9.17, 15) is 0 Å². The maximum Gasteiger partial charge on any atom is 0.203 e. The van der Waals surface area contributed by atoms with Crippen LogP contribution in [-0.4, -0.2) is 20.4 Å². The molecule has 0 aromatic carbocycles. The van der Waals surface area contributed by atoms with Gasteiger partial charge in [0.1, 0.15) is 0 Å². The van der Waals surface area contributed by atoms with Gasteiger partial charge < -0.3 is 5.32 Å². The Balaban J connectivity index is 1.88. The summed E-state index contributed by atoms with van der Waals surface area (Å²) in [5, 5.41) is 4.30. The van der Waals surface area contributed by atoms with E-state index in [1.165, 1.54) is 29.9 Å². The van der Waals surface area contributed by atoms with Crippen molar-refractivity contribution in [1.29, 1.82) is 0 Å². The number of anilines is 1. The highest BCUT2D eigenvalue weighted by molar-refractivity contribution is 7.09. The van der Waals surface area contributed by atoms with E-state index >= 15 is 0 Å². The van der Waals surface area contributed by atoms with Crippen molar-refractivity contribution < 1.29 is 0 Å². The molecule has 88 valence electrons. The summed E-state index contributed by atoms with van der Waals surface area (Å²) in [6.07, 6.45) is 7.15. The van der Waals surface area contributed by atoms with E-state index in [4.69, 9.17) is 0 Å². The van der Waals surface area contributed by atoms with Crippen molar-refractivity contribution in [2.24, 2.45) is 0 Å². The second-order valence-electron chi connectivity index (χ2n) is 4.23. The third kappa shape index (κ3) is 2.29. The van der Waals surface area contributed by atoms with Gasteiger partial charge in [0.2, 0.25) is 5.13 Å². The zero-order chi connectivity index (χ0) is 11.7. The quantitative estimate of drug-likeness (QED) is 0.901. The molecule has 5 heteroatoms. The number of pyridine rings is 1. The molecule has 0 saturated heterocycles. The van der Waals surface area contributed by atoms with Crippen LogP contribution < -0.4 is 5.32 Å². The lowest BCUT2D eigenvalue weighted by Gasteiger charge is -2.02. The monoisotopic (exact) mass is 246 g/mol. The molecule has 3 rings (SSSR count). The van der Waals surface area contributed by atoms with Crippen LogP contribution in [0.4, 0.5) is 5.13 Å². The molecule has 2 aromatic rings. The minimum absolute atomic E-state index is 0.624. The van der Waals surface area contributed by atoms with Crippen LogP contribution in [0.2, 0.25) is 0 Å². The molecule has 1 N–H and O–H groups in total. The summed E-state index contributed by atoms with van der Waals surface area (Å²) in [5.74, 6) is 0.817. The van der Waals surface area contributed by atoms with Crippen LogP contribution in [0.15, 0.2) is 18.5 Å². The normalized spacial score (nSPS) is 14.9. The molecule has 1 aliphatic rings. The molecule has 0 unspecified atom stereocenters. The third-order valence-corrected chi connectivity index (χ3v) is 3.50. The van der Waals surface area contributed by atoms with Crippen LogP contribution in [0.5, 0.6) is 0 Å². The highest BCUT2D eigenvalue weighted by Gasteiger charge is 2.22. The van der Waals surface area contributed by atoms with Gasteiger partial charge >= 0.3 is 0 Å². The molecular weight excluding hydrogens is 232 g/mol. The average Bonchev–Trinajstić information content (AvgIpc) is 3.05. The van der Waals surface area contributed by atoms with Crippen molar-refractivity contribution in [3.05, 3.63) is 24.0 Å². The van der Waals surface area contributed by atoms with E-state index in [1.807, 2.05) is 12.3 Å². The molecule has 2 aromatic heterocycles. The molecule has 0 aliphatic heterocycles. The number of aromatic nitrogens is 3. The summed E-state index contributed by atoms with van der Waals surface area (Å²) in [6, 6.07) is 2.61. The Morgan fingerprint density at radius 2 is 2.35 bits per heavy atom. The minimum atomic E-state index is 0.624. The molecule has 0 bridgehead atoms. The number of hydrogen-bond acceptors (Lipinski definition) is 5. The maximum absolute atomic E-state index is 4.54. The second-order valence-corrected chi connectivity index (χ2v) is 4.98. The summed E-state index contributed by atoms with van der Waals surface area (Å²) in [5.41, 5.74) is 2.30. The molecule has 0 radical (unpaired) electrons. The van der Waals surface area contributed by atoms with E-state index in [0.717, 1.165) is 22.9 Å². The van der Waals surface area contributed by atoms with Gasteiger partial charge in [0.25, 0.3) is 0 Å². The second kappa shape index (κ2) is 4.41. The number of nitrogens with zero attached hydrogens (tertiary/aromatic N) is 3. The van der Waals surface area contributed by atoms with Crippen molar-refractivity contribution in [2.45, 2.75) is 32.2 Å². The molecule has 0 atom stereocenters. The Hall–Kier alpha value is -1.49. The van der Waals surface area contributed by atoms with E-state index in [-0.39, 0.29) is 0 Å². The Morgan fingerprint density at radius 3 is 3.12 bits per heavy atom. The fourth-order valence-electron chi connectivity index (χ4n) is 1.72. The van der Waals surface area contributed by atoms with Gasteiger partial charge in [-0.15, -0.1) is 0 Å². The first-order chi connectivity index (χ1) is 8.36. The first-order valence-electron chi connectivity index (χ1n) is 5.90. The maximum atomic E-state index is 4.54. The number of nitrogens with one attached hydrogen (secondary N) is 1. The van der Waals surface area contributed by atoms with Gasteiger partial charge in [-0.3, -0.25) is 4.98 Å². The lowest BCUT2D eigenvalue weighted by Crippen LogP contribution is -1.99. The lowest BCUT2D eigenvalue weighted by molar-refractivity contribution is 1.09. The van der Waals surface area contributed by atoms with Crippen molar-refractivity contribution in [3.63, 3.8) is 0 Å². The number of aryl methyl sites for hydroxylation is 1. The number of hydrogen-bond donors (Lipinski definition) is 1. The summed E-state index contributed by atoms with van der Waals surface area (Å²) in [7, 11) is 0. The molecule has 0 amide bonds. The summed E-state index contributed by atoms with van der Waals surface area (Å²) in [4.78, 5) is 8.68. The summed E-state index contributed by atoms with van der Waals surface area (Å²) in [6.45, 7) is 2.12. The number of rotatable bonds is 4. The van der Waals surface area contributed by atoms with Gasteiger partial charge in [-0.2, -0.15) is 9.36 Å². The highest BCUT2D eigenvalue weighted by atomic mass is 32.1. The SMILES string of the molecule is CCc1cnccc1-c1nsc(NC2CC2)n1. The molecule has 1 fully saturated rings. The third-order valence-electron chi connectivity index (χ3n) is 2.86. The predicted octanol–water partition coefficient (Wildman–Crippen LogP) is 2.74. The molecule has 1 saturated carbocycles. The van der Waals surface area contributed by atoms with Crippen molar-refractivity contribution in [3.8, 4) is 11.4 Å². The van der Waals surface area contributed by atoms with Crippen LogP contribution in [0.3, 0.4) is 0 Å². The van der Waals surface area contributed by atoms with Gasteiger partial charge in [-0.05, 0) is 30.9 Å². The Labute approximate surface area is 104 Å². The molecule has 0 spiro atoms. The molecule has 1 aliphatic carbocycles. The average molecular weight is 246 g/mol. The summed E-state index contributed by atoms with van der Waals surface area (Å²) >= 11 is 1.44. The molecule has 4 nitrogen and oxygen atoms in total. The minimum Gasteiger partial charge on any atom is -0.358 e. The Bertz CT molecular complexity index is 519. The predicted molar refractivity (Wildman–Crippen MR) is 69.2 cm³/mol.